The van der Waals surface area contributed by atoms with Crippen molar-refractivity contribution in [2.75, 3.05) is 14.2 Å². The van der Waals surface area contributed by atoms with Crippen LogP contribution in [0.4, 0.5) is 0 Å². The van der Waals surface area contributed by atoms with E-state index in [1.54, 1.807) is 30.9 Å². The van der Waals surface area contributed by atoms with Gasteiger partial charge in [-0.3, -0.25) is 14.2 Å². The van der Waals surface area contributed by atoms with Crippen LogP contribution in [-0.4, -0.2) is 45.9 Å². The summed E-state index contributed by atoms with van der Waals surface area (Å²) in [5, 5.41) is 11.6. The maximum absolute atomic E-state index is 13.3. The number of nitrogens with one attached hydrogen (secondary N) is 2. The predicted molar refractivity (Wildman–Crippen MR) is 119 cm³/mol. The third-order valence-corrected chi connectivity index (χ3v) is 5.27. The van der Waals surface area contributed by atoms with E-state index in [1.165, 1.54) is 0 Å². The van der Waals surface area contributed by atoms with E-state index in [-0.39, 0.29) is 22.7 Å². The molecule has 1 aliphatic heterocycles. The molecule has 2 heterocycles. The second-order valence-electron chi connectivity index (χ2n) is 8.83. The number of aromatic nitrogens is 2. The number of fused-ring (bicyclic) bond motifs is 1. The number of ether oxygens (including phenoxy) is 2. The Morgan fingerprint density at radius 2 is 1.60 bits per heavy atom. The van der Waals surface area contributed by atoms with Gasteiger partial charge in [-0.25, -0.2) is 0 Å². The number of carbonyl (C=O) groups is 1. The van der Waals surface area contributed by atoms with Crippen molar-refractivity contribution >= 4 is 29.1 Å². The van der Waals surface area contributed by atoms with Gasteiger partial charge in [0.2, 0.25) is 0 Å². The fourth-order valence-electron chi connectivity index (χ4n) is 4.34. The topological polar surface area (TPSA) is 106 Å². The third kappa shape index (κ3) is 5.40. The first-order valence-corrected chi connectivity index (χ1v) is 10.1. The van der Waals surface area contributed by atoms with E-state index >= 15 is 0 Å². The summed E-state index contributed by atoms with van der Waals surface area (Å²) >= 11 is 5.55. The van der Waals surface area contributed by atoms with Crippen LogP contribution in [0, 0.1) is 4.77 Å². The number of carboxylic acid groups (broad SMARTS) is 1. The van der Waals surface area contributed by atoms with Crippen molar-refractivity contribution in [3.05, 3.63) is 27.3 Å². The zero-order chi connectivity index (χ0) is 22.9. The molecule has 1 aromatic heterocycles. The highest BCUT2D eigenvalue weighted by molar-refractivity contribution is 7.71. The van der Waals surface area contributed by atoms with Crippen LogP contribution in [0.2, 0.25) is 0 Å². The van der Waals surface area contributed by atoms with E-state index in [0.717, 1.165) is 19.8 Å². The monoisotopic (exact) mass is 437 g/mol. The fraction of sp³-hybridized carbons (Fsp3) is 0.571. The van der Waals surface area contributed by atoms with Gasteiger partial charge < -0.3 is 24.9 Å². The average Bonchev–Trinajstić information content (AvgIpc) is 2.57. The molecule has 0 amide bonds. The summed E-state index contributed by atoms with van der Waals surface area (Å²) in [6.45, 7) is 9.72. The molecule has 3 rings (SSSR count). The lowest BCUT2D eigenvalue weighted by molar-refractivity contribution is -0.134. The Balaban J connectivity index is 0.000000735. The molecule has 1 aliphatic rings. The van der Waals surface area contributed by atoms with Gasteiger partial charge in [0.15, 0.2) is 16.3 Å². The maximum atomic E-state index is 13.3. The number of hydrogen-bond donors (Lipinski definition) is 3. The largest absolute Gasteiger partial charge is 0.493 e. The van der Waals surface area contributed by atoms with Crippen molar-refractivity contribution in [3.63, 3.8) is 0 Å². The Morgan fingerprint density at radius 3 is 2.07 bits per heavy atom. The maximum Gasteiger partial charge on any atom is 0.300 e. The van der Waals surface area contributed by atoms with E-state index in [1.807, 2.05) is 0 Å². The molecule has 1 fully saturated rings. The summed E-state index contributed by atoms with van der Waals surface area (Å²) in [5.74, 6) is 0.257. The number of H-pyrrole nitrogens is 1. The average molecular weight is 438 g/mol. The standard InChI is InChI=1S/C19H27N3O3S.C2H4O2/c1-18(2)9-11(10-19(3,4)21-18)22-16(23)12-7-14(24-5)15(25-6)8-13(12)20-17(22)26;1-2(3)4/h7-8,11,21H,9-10H2,1-6H3,(H,20,26);1H3,(H,3,4). The van der Waals surface area contributed by atoms with Crippen LogP contribution in [0.25, 0.3) is 10.9 Å². The molecular formula is C21H31N3O5S. The molecule has 8 nitrogen and oxygen atoms in total. The number of piperidine rings is 1. The first kappa shape index (κ1) is 23.9. The normalized spacial score (nSPS) is 17.7. The van der Waals surface area contributed by atoms with Gasteiger partial charge in [-0.15, -0.1) is 0 Å². The molecule has 0 aliphatic carbocycles. The molecule has 1 aromatic carbocycles. The zero-order valence-electron chi connectivity index (χ0n) is 18.6. The minimum Gasteiger partial charge on any atom is -0.493 e. The van der Waals surface area contributed by atoms with Crippen LogP contribution in [0.15, 0.2) is 16.9 Å². The molecule has 0 atom stereocenters. The minimum absolute atomic E-state index is 0.0231. The van der Waals surface area contributed by atoms with Crippen LogP contribution in [0.1, 0.15) is 53.5 Å². The Labute approximate surface area is 181 Å². The minimum atomic E-state index is -0.833. The van der Waals surface area contributed by atoms with Crippen molar-refractivity contribution in [1.29, 1.82) is 0 Å². The van der Waals surface area contributed by atoms with Gasteiger partial charge in [-0.05, 0) is 58.8 Å². The number of methoxy groups -OCH3 is 2. The van der Waals surface area contributed by atoms with Crippen molar-refractivity contribution in [1.82, 2.24) is 14.9 Å². The highest BCUT2D eigenvalue weighted by Gasteiger charge is 2.39. The number of hydrogen-bond acceptors (Lipinski definition) is 6. The Kier molecular flexibility index (Phi) is 6.98. The van der Waals surface area contributed by atoms with Gasteiger partial charge >= 0.3 is 0 Å². The van der Waals surface area contributed by atoms with Crippen molar-refractivity contribution < 1.29 is 19.4 Å². The third-order valence-electron chi connectivity index (χ3n) is 4.97. The van der Waals surface area contributed by atoms with Gasteiger partial charge in [0, 0.05) is 30.1 Å². The first-order chi connectivity index (χ1) is 13.8. The molecular weight excluding hydrogens is 406 g/mol. The number of rotatable bonds is 3. The number of aliphatic carboxylic acids is 1. The van der Waals surface area contributed by atoms with Gasteiger partial charge in [-0.1, -0.05) is 0 Å². The van der Waals surface area contributed by atoms with E-state index in [0.29, 0.717) is 27.2 Å². The van der Waals surface area contributed by atoms with Crippen LogP contribution in [0.3, 0.4) is 0 Å². The summed E-state index contributed by atoms with van der Waals surface area (Å²) in [4.78, 5) is 25.5. The number of carboxylic acids is 1. The molecule has 1 saturated heterocycles. The molecule has 166 valence electrons. The van der Waals surface area contributed by atoms with Crippen molar-refractivity contribution in [3.8, 4) is 11.5 Å². The lowest BCUT2D eigenvalue weighted by atomic mass is 9.79. The molecule has 0 radical (unpaired) electrons. The number of nitrogens with zero attached hydrogens (tertiary/aromatic N) is 1. The second-order valence-corrected chi connectivity index (χ2v) is 9.22. The lowest BCUT2D eigenvalue weighted by Gasteiger charge is -2.46. The van der Waals surface area contributed by atoms with Crippen molar-refractivity contribution in [2.24, 2.45) is 0 Å². The van der Waals surface area contributed by atoms with E-state index in [2.05, 4.69) is 38.0 Å². The molecule has 2 aromatic rings. The molecule has 30 heavy (non-hydrogen) atoms. The highest BCUT2D eigenvalue weighted by atomic mass is 32.1. The van der Waals surface area contributed by atoms with Gasteiger partial charge in [-0.2, -0.15) is 0 Å². The predicted octanol–water partition coefficient (Wildman–Crippen LogP) is 3.65. The van der Waals surface area contributed by atoms with Crippen LogP contribution in [0.5, 0.6) is 11.5 Å². The zero-order valence-corrected chi connectivity index (χ0v) is 19.4. The molecule has 0 unspecified atom stereocenters. The summed E-state index contributed by atoms with van der Waals surface area (Å²) in [6, 6.07) is 3.50. The molecule has 0 spiro atoms. The summed E-state index contributed by atoms with van der Waals surface area (Å²) < 4.78 is 12.9. The van der Waals surface area contributed by atoms with E-state index < -0.39 is 5.97 Å². The van der Waals surface area contributed by atoms with Gasteiger partial charge in [0.05, 0.1) is 25.1 Å². The van der Waals surface area contributed by atoms with E-state index in [9.17, 15) is 4.79 Å². The van der Waals surface area contributed by atoms with Crippen molar-refractivity contribution in [2.45, 2.75) is 64.6 Å². The Morgan fingerprint density at radius 1 is 1.13 bits per heavy atom. The van der Waals surface area contributed by atoms with Gasteiger partial charge in [0.1, 0.15) is 0 Å². The Hall–Kier alpha value is -2.39. The molecule has 0 bridgehead atoms. The summed E-state index contributed by atoms with van der Waals surface area (Å²) in [7, 11) is 3.13. The van der Waals surface area contributed by atoms with Gasteiger partial charge in [0.25, 0.3) is 11.5 Å². The van der Waals surface area contributed by atoms with E-state index in [4.69, 9.17) is 31.6 Å². The molecule has 0 saturated carbocycles. The summed E-state index contributed by atoms with van der Waals surface area (Å²) in [6.07, 6.45) is 1.65. The SMILES string of the molecule is CC(=O)O.COc1cc2[nH]c(=S)n(C3CC(C)(C)NC(C)(C)C3)c(=O)c2cc1OC. The van der Waals surface area contributed by atoms with Crippen LogP contribution >= 0.6 is 12.2 Å². The molecule has 3 N–H and O–H groups in total. The fourth-order valence-corrected chi connectivity index (χ4v) is 4.68. The number of aromatic amines is 1. The first-order valence-electron chi connectivity index (χ1n) is 9.69. The van der Waals surface area contributed by atoms with Crippen LogP contribution < -0.4 is 20.3 Å². The quantitative estimate of drug-likeness (QED) is 0.630. The number of benzene rings is 1. The van der Waals surface area contributed by atoms with Crippen LogP contribution in [-0.2, 0) is 4.79 Å². The lowest BCUT2D eigenvalue weighted by Crippen LogP contribution is -2.58. The molecule has 9 heteroatoms. The summed E-state index contributed by atoms with van der Waals surface area (Å²) in [5.41, 5.74) is 0.393. The smallest absolute Gasteiger partial charge is 0.300 e. The highest BCUT2D eigenvalue weighted by Crippen LogP contribution is 2.36. The second kappa shape index (κ2) is 8.77. The Bertz CT molecular complexity index is 1040.